The van der Waals surface area contributed by atoms with Gasteiger partial charge in [0.15, 0.2) is 0 Å². The fourth-order valence-corrected chi connectivity index (χ4v) is 2.90. The maximum absolute atomic E-state index is 6.16. The van der Waals surface area contributed by atoms with Crippen molar-refractivity contribution in [2.75, 3.05) is 6.54 Å². The van der Waals surface area contributed by atoms with Crippen molar-refractivity contribution in [3.63, 3.8) is 0 Å². The van der Waals surface area contributed by atoms with E-state index in [-0.39, 0.29) is 6.10 Å². The van der Waals surface area contributed by atoms with E-state index in [1.165, 1.54) is 4.88 Å². The molecule has 1 heterocycles. The molecule has 0 aliphatic rings. The van der Waals surface area contributed by atoms with Gasteiger partial charge in [0.25, 0.3) is 0 Å². The molecule has 4 heteroatoms. The van der Waals surface area contributed by atoms with Crippen molar-refractivity contribution >= 4 is 22.9 Å². The van der Waals surface area contributed by atoms with Crippen LogP contribution in [0.1, 0.15) is 21.4 Å². The van der Waals surface area contributed by atoms with E-state index in [1.807, 2.05) is 25.1 Å². The molecule has 0 bridgehead atoms. The Balaban J connectivity index is 2.20. The molecule has 0 spiro atoms. The van der Waals surface area contributed by atoms with Gasteiger partial charge < -0.3 is 10.5 Å². The Morgan fingerprint density at radius 2 is 2.06 bits per heavy atom. The number of hydrogen-bond donors (Lipinski definition) is 1. The van der Waals surface area contributed by atoms with Crippen LogP contribution < -0.4 is 10.5 Å². The lowest BCUT2D eigenvalue weighted by Gasteiger charge is -2.17. The first-order valence-electron chi connectivity index (χ1n) is 5.79. The lowest BCUT2D eigenvalue weighted by molar-refractivity contribution is 0.218. The van der Waals surface area contributed by atoms with Crippen LogP contribution in [-0.4, -0.2) is 6.54 Å². The molecule has 0 aliphatic heterocycles. The largest absolute Gasteiger partial charge is 0.482 e. The van der Waals surface area contributed by atoms with Crippen molar-refractivity contribution in [3.8, 4) is 5.75 Å². The fourth-order valence-electron chi connectivity index (χ4n) is 1.70. The SMILES string of the molecule is Cc1ccc(OC(CN)c2ccc(C)s2)c(Cl)c1. The number of nitrogens with two attached hydrogens (primary N) is 1. The number of rotatable bonds is 4. The predicted octanol–water partition coefficient (Wildman–Crippen LogP) is 4.10. The Morgan fingerprint density at radius 3 is 2.61 bits per heavy atom. The quantitative estimate of drug-likeness (QED) is 0.916. The highest BCUT2D eigenvalue weighted by Crippen LogP contribution is 2.31. The van der Waals surface area contributed by atoms with E-state index in [0.717, 1.165) is 10.4 Å². The van der Waals surface area contributed by atoms with Crippen LogP contribution in [0.15, 0.2) is 30.3 Å². The molecule has 1 aromatic carbocycles. The Labute approximate surface area is 116 Å². The summed E-state index contributed by atoms with van der Waals surface area (Å²) in [5.41, 5.74) is 6.89. The Bertz CT molecular complexity index is 538. The Kier molecular flexibility index (Phi) is 4.27. The molecule has 2 rings (SSSR count). The first-order chi connectivity index (χ1) is 8.60. The summed E-state index contributed by atoms with van der Waals surface area (Å²) in [6.45, 7) is 4.50. The van der Waals surface area contributed by atoms with Gasteiger partial charge in [0.05, 0.1) is 5.02 Å². The zero-order valence-corrected chi connectivity index (χ0v) is 12.0. The van der Waals surface area contributed by atoms with Gasteiger partial charge in [-0.1, -0.05) is 17.7 Å². The van der Waals surface area contributed by atoms with Gasteiger partial charge in [-0.2, -0.15) is 0 Å². The maximum atomic E-state index is 6.16. The lowest BCUT2D eigenvalue weighted by Crippen LogP contribution is -2.17. The first kappa shape index (κ1) is 13.4. The smallest absolute Gasteiger partial charge is 0.145 e. The minimum absolute atomic E-state index is 0.135. The second-order valence-electron chi connectivity index (χ2n) is 4.22. The molecular weight excluding hydrogens is 266 g/mol. The van der Waals surface area contributed by atoms with Crippen molar-refractivity contribution < 1.29 is 4.74 Å². The molecule has 0 saturated heterocycles. The highest BCUT2D eigenvalue weighted by Gasteiger charge is 2.15. The van der Waals surface area contributed by atoms with Gasteiger partial charge >= 0.3 is 0 Å². The summed E-state index contributed by atoms with van der Waals surface area (Å²) in [7, 11) is 0. The van der Waals surface area contributed by atoms with Crippen molar-refractivity contribution in [2.45, 2.75) is 20.0 Å². The summed E-state index contributed by atoms with van der Waals surface area (Å²) >= 11 is 7.86. The Hall–Kier alpha value is -1.03. The molecule has 0 saturated carbocycles. The molecule has 1 aromatic heterocycles. The molecule has 1 atom stereocenters. The highest BCUT2D eigenvalue weighted by molar-refractivity contribution is 7.12. The Morgan fingerprint density at radius 1 is 1.28 bits per heavy atom. The van der Waals surface area contributed by atoms with E-state index in [4.69, 9.17) is 22.1 Å². The molecule has 18 heavy (non-hydrogen) atoms. The summed E-state index contributed by atoms with van der Waals surface area (Å²) in [5.74, 6) is 0.684. The fraction of sp³-hybridized carbons (Fsp3) is 0.286. The molecule has 1 unspecified atom stereocenters. The van der Waals surface area contributed by atoms with Gasteiger partial charge in [-0.3, -0.25) is 0 Å². The van der Waals surface area contributed by atoms with E-state index in [9.17, 15) is 0 Å². The van der Waals surface area contributed by atoms with Gasteiger partial charge in [-0.15, -0.1) is 11.3 Å². The number of benzene rings is 1. The number of halogens is 1. The topological polar surface area (TPSA) is 35.2 Å². The third-order valence-electron chi connectivity index (χ3n) is 2.65. The number of aryl methyl sites for hydroxylation is 2. The van der Waals surface area contributed by atoms with Crippen molar-refractivity contribution in [3.05, 3.63) is 50.7 Å². The second-order valence-corrected chi connectivity index (χ2v) is 5.95. The van der Waals surface area contributed by atoms with Crippen LogP contribution in [0, 0.1) is 13.8 Å². The van der Waals surface area contributed by atoms with E-state index in [0.29, 0.717) is 17.3 Å². The van der Waals surface area contributed by atoms with Crippen LogP contribution in [0.25, 0.3) is 0 Å². The summed E-state index contributed by atoms with van der Waals surface area (Å²) in [6, 6.07) is 9.89. The molecule has 96 valence electrons. The summed E-state index contributed by atoms with van der Waals surface area (Å²) in [4.78, 5) is 2.38. The molecule has 0 radical (unpaired) electrons. The number of ether oxygens (including phenoxy) is 1. The molecule has 0 amide bonds. The minimum atomic E-state index is -0.135. The average molecular weight is 282 g/mol. The lowest BCUT2D eigenvalue weighted by atomic mass is 10.2. The van der Waals surface area contributed by atoms with Crippen LogP contribution in [0.2, 0.25) is 5.02 Å². The van der Waals surface area contributed by atoms with Crippen LogP contribution in [0.4, 0.5) is 0 Å². The molecule has 0 fully saturated rings. The van der Waals surface area contributed by atoms with Crippen LogP contribution in [0.5, 0.6) is 5.75 Å². The molecule has 2 nitrogen and oxygen atoms in total. The zero-order valence-electron chi connectivity index (χ0n) is 10.4. The van der Waals surface area contributed by atoms with Crippen LogP contribution in [0.3, 0.4) is 0 Å². The summed E-state index contributed by atoms with van der Waals surface area (Å²) < 4.78 is 5.90. The standard InChI is InChI=1S/C14H16ClNOS/c1-9-3-5-12(11(15)7-9)17-13(8-16)14-6-4-10(2)18-14/h3-7,13H,8,16H2,1-2H3. The average Bonchev–Trinajstić information content (AvgIpc) is 2.75. The number of thiophene rings is 1. The van der Waals surface area contributed by atoms with Gasteiger partial charge in [0.2, 0.25) is 0 Å². The third kappa shape index (κ3) is 3.05. The summed E-state index contributed by atoms with van der Waals surface area (Å²) in [6.07, 6.45) is -0.135. The predicted molar refractivity (Wildman–Crippen MR) is 77.7 cm³/mol. The maximum Gasteiger partial charge on any atom is 0.145 e. The molecular formula is C14H16ClNOS. The first-order valence-corrected chi connectivity index (χ1v) is 6.99. The van der Waals surface area contributed by atoms with Crippen LogP contribution in [-0.2, 0) is 0 Å². The normalized spacial score (nSPS) is 12.4. The minimum Gasteiger partial charge on any atom is -0.482 e. The van der Waals surface area contributed by atoms with Crippen LogP contribution >= 0.6 is 22.9 Å². The molecule has 2 aromatic rings. The van der Waals surface area contributed by atoms with Crippen molar-refractivity contribution in [2.24, 2.45) is 5.73 Å². The van der Waals surface area contributed by atoms with Gasteiger partial charge in [0.1, 0.15) is 11.9 Å². The van der Waals surface area contributed by atoms with E-state index < -0.39 is 0 Å². The van der Waals surface area contributed by atoms with Crippen molar-refractivity contribution in [1.82, 2.24) is 0 Å². The van der Waals surface area contributed by atoms with Crippen molar-refractivity contribution in [1.29, 1.82) is 0 Å². The summed E-state index contributed by atoms with van der Waals surface area (Å²) in [5, 5.41) is 0.627. The van der Waals surface area contributed by atoms with E-state index in [1.54, 1.807) is 11.3 Å². The van der Waals surface area contributed by atoms with E-state index in [2.05, 4.69) is 19.1 Å². The molecule has 2 N–H and O–H groups in total. The van der Waals surface area contributed by atoms with E-state index >= 15 is 0 Å². The number of hydrogen-bond acceptors (Lipinski definition) is 3. The monoisotopic (exact) mass is 281 g/mol. The highest BCUT2D eigenvalue weighted by atomic mass is 35.5. The molecule has 0 aliphatic carbocycles. The zero-order chi connectivity index (χ0) is 13.1. The third-order valence-corrected chi connectivity index (χ3v) is 4.04. The van der Waals surface area contributed by atoms with Gasteiger partial charge in [-0.25, -0.2) is 0 Å². The van der Waals surface area contributed by atoms with Gasteiger partial charge in [0, 0.05) is 16.3 Å². The second kappa shape index (κ2) is 5.74. The van der Waals surface area contributed by atoms with Gasteiger partial charge in [-0.05, 0) is 43.7 Å².